The van der Waals surface area contributed by atoms with E-state index in [9.17, 15) is 13.2 Å². The van der Waals surface area contributed by atoms with Crippen molar-refractivity contribution in [1.82, 2.24) is 5.32 Å². The number of para-hydroxylation sites is 1. The van der Waals surface area contributed by atoms with E-state index in [0.717, 1.165) is 22.6 Å². The van der Waals surface area contributed by atoms with E-state index in [0.29, 0.717) is 17.7 Å². The fourth-order valence-corrected chi connectivity index (χ4v) is 5.54. The van der Waals surface area contributed by atoms with E-state index in [4.69, 9.17) is 4.74 Å². The molecule has 2 heterocycles. The van der Waals surface area contributed by atoms with Gasteiger partial charge >= 0.3 is 0 Å². The molecular formula is C22H22N2O4S2. The molecule has 1 aliphatic heterocycles. The molecule has 1 atom stereocenters. The molecule has 0 saturated heterocycles. The monoisotopic (exact) mass is 442 g/mol. The number of sulfonamides is 1. The van der Waals surface area contributed by atoms with Gasteiger partial charge in [-0.1, -0.05) is 24.3 Å². The van der Waals surface area contributed by atoms with Gasteiger partial charge in [0.25, 0.3) is 15.9 Å². The van der Waals surface area contributed by atoms with Gasteiger partial charge in [-0.05, 0) is 55.6 Å². The van der Waals surface area contributed by atoms with Gasteiger partial charge in [0.15, 0.2) is 0 Å². The van der Waals surface area contributed by atoms with Crippen molar-refractivity contribution in [2.24, 2.45) is 0 Å². The minimum Gasteiger partial charge on any atom is -0.487 e. The van der Waals surface area contributed by atoms with Gasteiger partial charge in [-0.3, -0.25) is 9.52 Å². The maximum absolute atomic E-state index is 12.8. The Labute approximate surface area is 180 Å². The molecule has 4 rings (SSSR count). The van der Waals surface area contributed by atoms with Crippen LogP contribution >= 0.6 is 11.3 Å². The van der Waals surface area contributed by atoms with E-state index in [1.54, 1.807) is 41.8 Å². The molecule has 0 radical (unpaired) electrons. The molecule has 0 unspecified atom stereocenters. The molecule has 2 aromatic carbocycles. The Morgan fingerprint density at radius 2 is 1.80 bits per heavy atom. The Morgan fingerprint density at radius 1 is 1.07 bits per heavy atom. The van der Waals surface area contributed by atoms with Crippen LogP contribution in [0.2, 0.25) is 0 Å². The highest BCUT2D eigenvalue weighted by atomic mass is 32.2. The largest absolute Gasteiger partial charge is 0.487 e. The summed E-state index contributed by atoms with van der Waals surface area (Å²) in [6.45, 7) is 3.99. The summed E-state index contributed by atoms with van der Waals surface area (Å²) >= 11 is 1.15. The third-order valence-electron chi connectivity index (χ3n) is 4.84. The molecule has 156 valence electrons. The number of nitrogens with one attached hydrogen (secondary N) is 2. The first-order chi connectivity index (χ1) is 14.2. The van der Waals surface area contributed by atoms with Crippen molar-refractivity contribution in [3.63, 3.8) is 0 Å². The zero-order valence-electron chi connectivity index (χ0n) is 16.6. The lowest BCUT2D eigenvalue weighted by molar-refractivity contribution is 0.0619. The number of ether oxygens (including phenoxy) is 1. The highest BCUT2D eigenvalue weighted by molar-refractivity contribution is 7.94. The summed E-state index contributed by atoms with van der Waals surface area (Å²) in [5, 5.41) is 4.79. The van der Waals surface area contributed by atoms with E-state index in [1.807, 2.05) is 38.1 Å². The molecule has 1 aliphatic rings. The van der Waals surface area contributed by atoms with Crippen LogP contribution in [0.1, 0.15) is 42.2 Å². The van der Waals surface area contributed by atoms with Crippen LogP contribution < -0.4 is 14.8 Å². The minimum absolute atomic E-state index is 0.172. The van der Waals surface area contributed by atoms with E-state index in [2.05, 4.69) is 10.0 Å². The summed E-state index contributed by atoms with van der Waals surface area (Å²) < 4.78 is 33.4. The summed E-state index contributed by atoms with van der Waals surface area (Å²) in [5.41, 5.74) is 1.41. The highest BCUT2D eigenvalue weighted by Crippen LogP contribution is 2.39. The number of rotatable bonds is 5. The van der Waals surface area contributed by atoms with Gasteiger partial charge in [-0.25, -0.2) is 8.42 Å². The van der Waals surface area contributed by atoms with Gasteiger partial charge in [-0.15, -0.1) is 11.3 Å². The second-order valence-electron chi connectivity index (χ2n) is 7.74. The second-order valence-corrected chi connectivity index (χ2v) is 10.6. The highest BCUT2D eigenvalue weighted by Gasteiger charge is 2.34. The van der Waals surface area contributed by atoms with Crippen molar-refractivity contribution in [2.45, 2.75) is 36.1 Å². The predicted molar refractivity (Wildman–Crippen MR) is 118 cm³/mol. The van der Waals surface area contributed by atoms with Gasteiger partial charge < -0.3 is 10.1 Å². The SMILES string of the molecule is CC1(C)C[C@H](NC(=O)c2ccc(NS(=O)(=O)c3cccs3)cc2)c2ccccc2O1. The zero-order chi connectivity index (χ0) is 21.4. The van der Waals surface area contributed by atoms with E-state index >= 15 is 0 Å². The van der Waals surface area contributed by atoms with E-state index in [1.165, 1.54) is 0 Å². The van der Waals surface area contributed by atoms with Crippen molar-refractivity contribution >= 4 is 33.0 Å². The van der Waals surface area contributed by atoms with Crippen LogP contribution in [0.3, 0.4) is 0 Å². The summed E-state index contributed by atoms with van der Waals surface area (Å²) in [7, 11) is -3.62. The van der Waals surface area contributed by atoms with Gasteiger partial charge in [0, 0.05) is 23.2 Å². The van der Waals surface area contributed by atoms with Crippen LogP contribution in [-0.2, 0) is 10.0 Å². The lowest BCUT2D eigenvalue weighted by Gasteiger charge is -2.37. The van der Waals surface area contributed by atoms with Crippen LogP contribution in [0, 0.1) is 0 Å². The fourth-order valence-electron chi connectivity index (χ4n) is 3.48. The number of fused-ring (bicyclic) bond motifs is 1. The first-order valence-electron chi connectivity index (χ1n) is 9.49. The van der Waals surface area contributed by atoms with Crippen molar-refractivity contribution in [2.75, 3.05) is 4.72 Å². The first kappa shape index (κ1) is 20.4. The van der Waals surface area contributed by atoms with Crippen molar-refractivity contribution in [3.05, 3.63) is 77.2 Å². The Kier molecular flexibility index (Phi) is 5.29. The van der Waals surface area contributed by atoms with Gasteiger partial charge in [-0.2, -0.15) is 0 Å². The molecule has 6 nitrogen and oxygen atoms in total. The first-order valence-corrected chi connectivity index (χ1v) is 11.8. The van der Waals surface area contributed by atoms with E-state index < -0.39 is 15.6 Å². The predicted octanol–water partition coefficient (Wildman–Crippen LogP) is 4.58. The molecule has 2 N–H and O–H groups in total. The molecule has 3 aromatic rings. The van der Waals surface area contributed by atoms with Crippen LogP contribution in [0.5, 0.6) is 5.75 Å². The van der Waals surface area contributed by atoms with Gasteiger partial charge in [0.05, 0.1) is 6.04 Å². The molecule has 0 saturated carbocycles. The number of anilines is 1. The number of hydrogen-bond acceptors (Lipinski definition) is 5. The topological polar surface area (TPSA) is 84.5 Å². The smallest absolute Gasteiger partial charge is 0.271 e. The van der Waals surface area contributed by atoms with Crippen LogP contribution in [0.4, 0.5) is 5.69 Å². The Balaban J connectivity index is 1.48. The Bertz CT molecular complexity index is 1150. The normalized spacial score (nSPS) is 17.5. The number of hydrogen-bond donors (Lipinski definition) is 2. The summed E-state index contributed by atoms with van der Waals surface area (Å²) in [5.74, 6) is 0.553. The zero-order valence-corrected chi connectivity index (χ0v) is 18.2. The molecule has 1 amide bonds. The van der Waals surface area contributed by atoms with Crippen LogP contribution in [0.25, 0.3) is 0 Å². The van der Waals surface area contributed by atoms with Crippen molar-refractivity contribution in [3.8, 4) is 5.75 Å². The third-order valence-corrected chi connectivity index (χ3v) is 7.62. The maximum Gasteiger partial charge on any atom is 0.271 e. The van der Waals surface area contributed by atoms with Crippen LogP contribution in [0.15, 0.2) is 70.3 Å². The summed E-state index contributed by atoms with van der Waals surface area (Å²) in [6.07, 6.45) is 0.647. The number of carbonyl (C=O) groups excluding carboxylic acids is 1. The second kappa shape index (κ2) is 7.77. The Hall–Kier alpha value is -2.84. The molecule has 0 aliphatic carbocycles. The third kappa shape index (κ3) is 4.34. The number of amides is 1. The Morgan fingerprint density at radius 3 is 2.50 bits per heavy atom. The number of thiophene rings is 1. The molecule has 8 heteroatoms. The molecular weight excluding hydrogens is 420 g/mol. The summed E-state index contributed by atoms with van der Waals surface area (Å²) in [4.78, 5) is 12.8. The lowest BCUT2D eigenvalue weighted by Crippen LogP contribution is -2.41. The molecule has 0 fully saturated rings. The molecule has 1 aromatic heterocycles. The van der Waals surface area contributed by atoms with Crippen molar-refractivity contribution < 1.29 is 17.9 Å². The molecule has 0 spiro atoms. The standard InChI is InChI=1S/C22H22N2O4S2/c1-22(2)14-18(17-6-3-4-7-19(17)28-22)23-21(25)15-9-11-16(12-10-15)24-30(26,27)20-8-5-13-29-20/h3-13,18,24H,14H2,1-2H3,(H,23,25)/t18-/m0/s1. The molecule has 0 bridgehead atoms. The average molecular weight is 443 g/mol. The number of carbonyl (C=O) groups is 1. The maximum atomic E-state index is 12.8. The van der Waals surface area contributed by atoms with Crippen LogP contribution in [-0.4, -0.2) is 19.9 Å². The van der Waals surface area contributed by atoms with Gasteiger partial charge in [0.1, 0.15) is 15.6 Å². The number of benzene rings is 2. The lowest BCUT2D eigenvalue weighted by atomic mass is 9.89. The molecule has 30 heavy (non-hydrogen) atoms. The van der Waals surface area contributed by atoms with Gasteiger partial charge in [0.2, 0.25) is 0 Å². The summed E-state index contributed by atoms with van der Waals surface area (Å²) in [6, 6.07) is 17.1. The van der Waals surface area contributed by atoms with Crippen molar-refractivity contribution in [1.29, 1.82) is 0 Å². The minimum atomic E-state index is -3.62. The fraction of sp³-hybridized carbons (Fsp3) is 0.227. The average Bonchev–Trinajstić information content (AvgIpc) is 3.23. The van der Waals surface area contributed by atoms with E-state index in [-0.39, 0.29) is 16.2 Å². The quantitative estimate of drug-likeness (QED) is 0.606.